The summed E-state index contributed by atoms with van der Waals surface area (Å²) in [4.78, 5) is 18.8. The van der Waals surface area contributed by atoms with E-state index in [0.29, 0.717) is 29.0 Å². The highest BCUT2D eigenvalue weighted by Crippen LogP contribution is 2.22. The van der Waals surface area contributed by atoms with Crippen LogP contribution in [0, 0.1) is 6.92 Å². The van der Waals surface area contributed by atoms with E-state index in [1.165, 1.54) is 11.8 Å². The van der Waals surface area contributed by atoms with E-state index in [2.05, 4.69) is 30.8 Å². The number of aryl methyl sites for hydroxylation is 1. The van der Waals surface area contributed by atoms with Gasteiger partial charge in [-0.1, -0.05) is 10.3 Å². The van der Waals surface area contributed by atoms with Crippen molar-refractivity contribution < 1.29 is 13.8 Å². The number of nitrogens with zero attached hydrogens (tertiary/aromatic N) is 4. The first kappa shape index (κ1) is 17.9. The molecule has 10 heteroatoms. The summed E-state index contributed by atoms with van der Waals surface area (Å²) in [6, 6.07) is 1.79. The van der Waals surface area contributed by atoms with E-state index >= 15 is 0 Å². The van der Waals surface area contributed by atoms with Gasteiger partial charge in [-0.3, -0.25) is 9.69 Å². The van der Waals surface area contributed by atoms with Crippen LogP contribution in [0.15, 0.2) is 15.1 Å². The van der Waals surface area contributed by atoms with Crippen LogP contribution in [-0.4, -0.2) is 58.0 Å². The standard InChI is InChI=1S/C15H22N6O3S/c1-9-6-12(19-23-9)17-15(22)10(2)25-8-13-18-14(20-24-13)11-7-16-4-5-21(11)3/h6,10-11,16H,4-5,7-8H2,1-3H3,(H,17,19,22). The third kappa shape index (κ3) is 4.59. The van der Waals surface area contributed by atoms with Gasteiger partial charge in [0.1, 0.15) is 5.76 Å². The Morgan fingerprint density at radius 1 is 1.52 bits per heavy atom. The van der Waals surface area contributed by atoms with Gasteiger partial charge in [-0.15, -0.1) is 11.8 Å². The maximum atomic E-state index is 12.1. The molecule has 25 heavy (non-hydrogen) atoms. The molecule has 2 N–H and O–H groups in total. The molecular formula is C15H22N6O3S. The van der Waals surface area contributed by atoms with Crippen LogP contribution in [0.5, 0.6) is 0 Å². The molecule has 9 nitrogen and oxygen atoms in total. The Morgan fingerprint density at radius 3 is 3.08 bits per heavy atom. The van der Waals surface area contributed by atoms with Crippen LogP contribution in [0.2, 0.25) is 0 Å². The Balaban J connectivity index is 1.50. The van der Waals surface area contributed by atoms with Crippen molar-refractivity contribution in [3.63, 3.8) is 0 Å². The summed E-state index contributed by atoms with van der Waals surface area (Å²) in [5.74, 6) is 2.60. The molecule has 0 saturated carbocycles. The van der Waals surface area contributed by atoms with Crippen LogP contribution in [0.1, 0.15) is 30.4 Å². The number of thioether (sulfide) groups is 1. The molecule has 3 rings (SSSR count). The first-order chi connectivity index (χ1) is 12.0. The van der Waals surface area contributed by atoms with Gasteiger partial charge < -0.3 is 19.7 Å². The van der Waals surface area contributed by atoms with E-state index in [1.54, 1.807) is 13.0 Å². The number of hydrogen-bond donors (Lipinski definition) is 2. The molecule has 1 aliphatic heterocycles. The first-order valence-corrected chi connectivity index (χ1v) is 9.17. The molecule has 1 aliphatic rings. The number of hydrogen-bond acceptors (Lipinski definition) is 9. The highest BCUT2D eigenvalue weighted by molar-refractivity contribution is 7.99. The van der Waals surface area contributed by atoms with Crippen molar-refractivity contribution >= 4 is 23.5 Å². The van der Waals surface area contributed by atoms with Crippen LogP contribution in [-0.2, 0) is 10.5 Å². The highest BCUT2D eigenvalue weighted by Gasteiger charge is 2.25. The van der Waals surface area contributed by atoms with Crippen LogP contribution < -0.4 is 10.6 Å². The zero-order chi connectivity index (χ0) is 17.8. The second-order valence-corrected chi connectivity index (χ2v) is 7.34. The maximum Gasteiger partial charge on any atom is 0.238 e. The van der Waals surface area contributed by atoms with Crippen molar-refractivity contribution in [3.05, 3.63) is 23.5 Å². The lowest BCUT2D eigenvalue weighted by atomic mass is 10.2. The van der Waals surface area contributed by atoms with Gasteiger partial charge in [0, 0.05) is 25.7 Å². The van der Waals surface area contributed by atoms with Gasteiger partial charge in [-0.05, 0) is 20.9 Å². The predicted octanol–water partition coefficient (Wildman–Crippen LogP) is 1.20. The Labute approximate surface area is 149 Å². The van der Waals surface area contributed by atoms with Gasteiger partial charge >= 0.3 is 0 Å². The second kappa shape index (κ2) is 7.98. The van der Waals surface area contributed by atoms with E-state index in [9.17, 15) is 4.79 Å². The summed E-state index contributed by atoms with van der Waals surface area (Å²) in [6.07, 6.45) is 0. The Hall–Kier alpha value is -1.91. The lowest BCUT2D eigenvalue weighted by Crippen LogP contribution is -2.44. The largest absolute Gasteiger partial charge is 0.360 e. The minimum absolute atomic E-state index is 0.118. The molecule has 0 radical (unpaired) electrons. The normalized spacial score (nSPS) is 19.7. The molecule has 0 aliphatic carbocycles. The monoisotopic (exact) mass is 366 g/mol. The van der Waals surface area contributed by atoms with E-state index < -0.39 is 0 Å². The van der Waals surface area contributed by atoms with E-state index in [1.807, 2.05) is 14.0 Å². The zero-order valence-electron chi connectivity index (χ0n) is 14.5. The van der Waals surface area contributed by atoms with E-state index in [4.69, 9.17) is 9.05 Å². The van der Waals surface area contributed by atoms with Crippen LogP contribution in [0.3, 0.4) is 0 Å². The molecular weight excluding hydrogens is 344 g/mol. The SMILES string of the molecule is Cc1cc(NC(=O)C(C)SCc2nc(C3CNCCN3C)no2)no1. The van der Waals surface area contributed by atoms with Crippen molar-refractivity contribution in [2.75, 3.05) is 32.0 Å². The molecule has 136 valence electrons. The summed E-state index contributed by atoms with van der Waals surface area (Å²) in [5, 5.41) is 13.6. The van der Waals surface area contributed by atoms with Crippen LogP contribution in [0.4, 0.5) is 5.82 Å². The fraction of sp³-hybridized carbons (Fsp3) is 0.600. The van der Waals surface area contributed by atoms with Crippen LogP contribution in [0.25, 0.3) is 0 Å². The Bertz CT molecular complexity index is 718. The van der Waals surface area contributed by atoms with E-state index in [-0.39, 0.29) is 17.2 Å². The fourth-order valence-electron chi connectivity index (χ4n) is 2.48. The smallest absolute Gasteiger partial charge is 0.238 e. The van der Waals surface area contributed by atoms with Gasteiger partial charge in [-0.2, -0.15) is 4.98 Å². The molecule has 2 unspecified atom stereocenters. The molecule has 3 heterocycles. The number of piperazine rings is 1. The summed E-state index contributed by atoms with van der Waals surface area (Å²) in [6.45, 7) is 6.31. The molecule has 2 aromatic heterocycles. The number of carbonyl (C=O) groups excluding carboxylic acids is 1. The zero-order valence-corrected chi connectivity index (χ0v) is 15.3. The van der Waals surface area contributed by atoms with Crippen molar-refractivity contribution in [2.24, 2.45) is 0 Å². The summed E-state index contributed by atoms with van der Waals surface area (Å²) in [5.41, 5.74) is 0. The number of nitrogens with one attached hydrogen (secondary N) is 2. The minimum Gasteiger partial charge on any atom is -0.360 e. The van der Waals surface area contributed by atoms with Crippen molar-refractivity contribution in [2.45, 2.75) is 30.9 Å². The predicted molar refractivity (Wildman–Crippen MR) is 93.2 cm³/mol. The lowest BCUT2D eigenvalue weighted by Gasteiger charge is -2.30. The van der Waals surface area contributed by atoms with Gasteiger partial charge in [0.15, 0.2) is 11.6 Å². The topological polar surface area (TPSA) is 109 Å². The molecule has 0 bridgehead atoms. The van der Waals surface area contributed by atoms with Crippen molar-refractivity contribution in [3.8, 4) is 0 Å². The van der Waals surface area contributed by atoms with Gasteiger partial charge in [0.05, 0.1) is 17.0 Å². The quantitative estimate of drug-likeness (QED) is 0.779. The second-order valence-electron chi connectivity index (χ2n) is 6.01. The van der Waals surface area contributed by atoms with Crippen molar-refractivity contribution in [1.82, 2.24) is 25.5 Å². The molecule has 2 aromatic rings. The van der Waals surface area contributed by atoms with Gasteiger partial charge in [-0.25, -0.2) is 0 Å². The number of rotatable bonds is 6. The molecule has 1 fully saturated rings. The molecule has 2 atom stereocenters. The average Bonchev–Trinajstić information content (AvgIpc) is 3.22. The third-order valence-corrected chi connectivity index (χ3v) is 5.13. The van der Waals surface area contributed by atoms with E-state index in [0.717, 1.165) is 19.6 Å². The summed E-state index contributed by atoms with van der Waals surface area (Å²) < 4.78 is 10.3. The number of likely N-dealkylation sites (N-methyl/N-ethyl adjacent to an activating group) is 1. The number of carbonyl (C=O) groups is 1. The molecule has 1 saturated heterocycles. The molecule has 0 aromatic carbocycles. The lowest BCUT2D eigenvalue weighted by molar-refractivity contribution is -0.115. The molecule has 0 spiro atoms. The number of aromatic nitrogens is 3. The first-order valence-electron chi connectivity index (χ1n) is 8.12. The van der Waals surface area contributed by atoms with Gasteiger partial charge in [0.2, 0.25) is 11.8 Å². The Morgan fingerprint density at radius 2 is 2.36 bits per heavy atom. The highest BCUT2D eigenvalue weighted by atomic mass is 32.2. The fourth-order valence-corrected chi connectivity index (χ4v) is 3.20. The maximum absolute atomic E-state index is 12.1. The third-order valence-electron chi connectivity index (χ3n) is 4.00. The summed E-state index contributed by atoms with van der Waals surface area (Å²) >= 11 is 1.43. The van der Waals surface area contributed by atoms with Crippen LogP contribution >= 0.6 is 11.8 Å². The van der Waals surface area contributed by atoms with Crippen molar-refractivity contribution in [1.29, 1.82) is 0 Å². The van der Waals surface area contributed by atoms with Gasteiger partial charge in [0.25, 0.3) is 0 Å². The number of amides is 1. The minimum atomic E-state index is -0.286. The molecule has 1 amide bonds. The Kier molecular flexibility index (Phi) is 5.71. The average molecular weight is 366 g/mol. The number of anilines is 1. The summed E-state index contributed by atoms with van der Waals surface area (Å²) in [7, 11) is 2.05.